The van der Waals surface area contributed by atoms with Crippen molar-refractivity contribution >= 4 is 11.6 Å². The highest BCUT2D eigenvalue weighted by Crippen LogP contribution is 2.14. The molecular weight excluding hydrogens is 224 g/mol. The molecule has 17 heavy (non-hydrogen) atoms. The Morgan fingerprint density at radius 3 is 3.00 bits per heavy atom. The number of rotatable bonds is 2. The minimum absolute atomic E-state index is 0.0865. The minimum atomic E-state index is -0.520. The molecule has 7 nitrogen and oxygen atoms in total. The molecule has 0 radical (unpaired) electrons. The summed E-state index contributed by atoms with van der Waals surface area (Å²) in [7, 11) is 0. The second-order valence-electron chi connectivity index (χ2n) is 4.14. The van der Waals surface area contributed by atoms with Crippen LogP contribution in [-0.2, 0) is 0 Å². The Bertz CT molecular complexity index is 443. The average Bonchev–Trinajstić information content (AvgIpc) is 2.77. The van der Waals surface area contributed by atoms with E-state index in [4.69, 9.17) is 0 Å². The fraction of sp³-hybridized carbons (Fsp3) is 0.500. The molecule has 92 valence electrons. The molecule has 1 atom stereocenters. The van der Waals surface area contributed by atoms with Gasteiger partial charge in [0, 0.05) is 31.7 Å². The molecule has 2 heterocycles. The van der Waals surface area contributed by atoms with Gasteiger partial charge in [0.25, 0.3) is 11.6 Å². The number of amides is 1. The molecule has 1 saturated heterocycles. The first kappa shape index (κ1) is 11.6. The van der Waals surface area contributed by atoms with Crippen LogP contribution in [0.3, 0.4) is 0 Å². The van der Waals surface area contributed by atoms with Gasteiger partial charge in [0.05, 0.1) is 11.1 Å². The highest BCUT2D eigenvalue weighted by Gasteiger charge is 2.23. The Labute approximate surface area is 97.9 Å². The van der Waals surface area contributed by atoms with Crippen LogP contribution in [0.5, 0.6) is 0 Å². The summed E-state index contributed by atoms with van der Waals surface area (Å²) in [5.74, 6) is -0.188. The van der Waals surface area contributed by atoms with Crippen molar-refractivity contribution in [3.8, 4) is 0 Å². The molecule has 1 amide bonds. The summed E-state index contributed by atoms with van der Waals surface area (Å²) in [6.07, 6.45) is 1.23. The molecule has 1 aromatic rings. The van der Waals surface area contributed by atoms with Crippen molar-refractivity contribution in [1.29, 1.82) is 0 Å². The molecule has 0 bridgehead atoms. The second-order valence-corrected chi connectivity index (χ2v) is 4.14. The predicted molar refractivity (Wildman–Crippen MR) is 60.8 cm³/mol. The number of piperazine rings is 1. The SMILES string of the molecule is CC1CN(C(=O)c2cc([N+](=O)[O-])c[nH]2)CCN1. The first-order chi connectivity index (χ1) is 8.08. The summed E-state index contributed by atoms with van der Waals surface area (Å²) in [4.78, 5) is 26.4. The zero-order valence-electron chi connectivity index (χ0n) is 9.47. The van der Waals surface area contributed by atoms with Gasteiger partial charge in [0.1, 0.15) is 5.69 Å². The Hall–Kier alpha value is -1.89. The van der Waals surface area contributed by atoms with Crippen molar-refractivity contribution in [2.24, 2.45) is 0 Å². The van der Waals surface area contributed by atoms with Gasteiger partial charge in [0.2, 0.25) is 0 Å². The van der Waals surface area contributed by atoms with Gasteiger partial charge >= 0.3 is 0 Å². The van der Waals surface area contributed by atoms with Gasteiger partial charge in [-0.2, -0.15) is 0 Å². The van der Waals surface area contributed by atoms with Gasteiger partial charge < -0.3 is 15.2 Å². The summed E-state index contributed by atoms with van der Waals surface area (Å²) >= 11 is 0. The Kier molecular flexibility index (Phi) is 3.10. The van der Waals surface area contributed by atoms with E-state index in [1.807, 2.05) is 6.92 Å². The lowest BCUT2D eigenvalue weighted by atomic mass is 10.2. The molecule has 1 fully saturated rings. The quantitative estimate of drug-likeness (QED) is 0.574. The number of hydrogen-bond donors (Lipinski definition) is 2. The first-order valence-corrected chi connectivity index (χ1v) is 5.43. The van der Waals surface area contributed by atoms with E-state index in [2.05, 4.69) is 10.3 Å². The topological polar surface area (TPSA) is 91.3 Å². The van der Waals surface area contributed by atoms with Crippen LogP contribution in [0.2, 0.25) is 0 Å². The average molecular weight is 238 g/mol. The normalized spacial score (nSPS) is 20.3. The lowest BCUT2D eigenvalue weighted by molar-refractivity contribution is -0.384. The molecule has 0 aliphatic carbocycles. The number of carbonyl (C=O) groups is 1. The highest BCUT2D eigenvalue weighted by molar-refractivity contribution is 5.93. The standard InChI is InChI=1S/C10H14N4O3/c1-7-6-13(3-2-11-7)10(15)9-4-8(5-12-9)14(16)17/h4-5,7,11-12H,2-3,6H2,1H3. The number of H-pyrrole nitrogens is 1. The smallest absolute Gasteiger partial charge is 0.287 e. The third-order valence-electron chi connectivity index (χ3n) is 2.76. The second kappa shape index (κ2) is 4.54. The number of aromatic nitrogens is 1. The monoisotopic (exact) mass is 238 g/mol. The van der Waals surface area contributed by atoms with Gasteiger partial charge in [-0.25, -0.2) is 0 Å². The zero-order chi connectivity index (χ0) is 12.4. The number of nitrogens with one attached hydrogen (secondary N) is 2. The van der Waals surface area contributed by atoms with Gasteiger partial charge in [-0.1, -0.05) is 0 Å². The first-order valence-electron chi connectivity index (χ1n) is 5.43. The van der Waals surface area contributed by atoms with Gasteiger partial charge in [-0.15, -0.1) is 0 Å². The van der Waals surface area contributed by atoms with Crippen LogP contribution in [0.25, 0.3) is 0 Å². The number of hydrogen-bond acceptors (Lipinski definition) is 4. The Balaban J connectivity index is 2.10. The molecule has 0 saturated carbocycles. The number of nitrogens with zero attached hydrogens (tertiary/aromatic N) is 2. The Morgan fingerprint density at radius 2 is 2.41 bits per heavy atom. The fourth-order valence-corrected chi connectivity index (χ4v) is 1.90. The van der Waals surface area contributed by atoms with E-state index in [0.29, 0.717) is 13.1 Å². The summed E-state index contributed by atoms with van der Waals surface area (Å²) in [5.41, 5.74) is 0.183. The van der Waals surface area contributed by atoms with Gasteiger partial charge in [0.15, 0.2) is 0 Å². The number of nitro groups is 1. The van der Waals surface area contributed by atoms with Crippen LogP contribution < -0.4 is 5.32 Å². The maximum absolute atomic E-state index is 12.0. The summed E-state index contributed by atoms with van der Waals surface area (Å²) in [6, 6.07) is 1.52. The Morgan fingerprint density at radius 1 is 1.65 bits per heavy atom. The molecule has 1 aliphatic heterocycles. The van der Waals surface area contributed by atoms with Crippen molar-refractivity contribution in [3.05, 3.63) is 28.1 Å². The van der Waals surface area contributed by atoms with Crippen LogP contribution in [0, 0.1) is 10.1 Å². The van der Waals surface area contributed by atoms with E-state index in [9.17, 15) is 14.9 Å². The third kappa shape index (κ3) is 2.44. The summed E-state index contributed by atoms with van der Waals surface area (Å²) in [5, 5.41) is 13.7. The van der Waals surface area contributed by atoms with Crippen LogP contribution in [0.4, 0.5) is 5.69 Å². The maximum Gasteiger partial charge on any atom is 0.287 e. The van der Waals surface area contributed by atoms with Crippen molar-refractivity contribution in [1.82, 2.24) is 15.2 Å². The molecule has 2 N–H and O–H groups in total. The molecular formula is C10H14N4O3. The van der Waals surface area contributed by atoms with E-state index in [1.165, 1.54) is 12.3 Å². The van der Waals surface area contributed by atoms with Crippen molar-refractivity contribution in [2.45, 2.75) is 13.0 Å². The summed E-state index contributed by atoms with van der Waals surface area (Å²) < 4.78 is 0. The summed E-state index contributed by atoms with van der Waals surface area (Å²) in [6.45, 7) is 3.98. The zero-order valence-corrected chi connectivity index (χ0v) is 9.47. The maximum atomic E-state index is 12.0. The molecule has 0 spiro atoms. The van der Waals surface area contributed by atoms with Crippen molar-refractivity contribution < 1.29 is 9.72 Å². The lowest BCUT2D eigenvalue weighted by Gasteiger charge is -2.31. The van der Waals surface area contributed by atoms with Crippen LogP contribution >= 0.6 is 0 Å². The predicted octanol–water partition coefficient (Wildman–Crippen LogP) is 0.357. The van der Waals surface area contributed by atoms with Gasteiger partial charge in [-0.3, -0.25) is 14.9 Å². The van der Waals surface area contributed by atoms with E-state index >= 15 is 0 Å². The van der Waals surface area contributed by atoms with Crippen molar-refractivity contribution in [3.63, 3.8) is 0 Å². The molecule has 0 aromatic carbocycles. The van der Waals surface area contributed by atoms with E-state index in [0.717, 1.165) is 6.54 Å². The number of aromatic amines is 1. The van der Waals surface area contributed by atoms with E-state index in [1.54, 1.807) is 4.90 Å². The van der Waals surface area contributed by atoms with Crippen LogP contribution in [0.15, 0.2) is 12.3 Å². The molecule has 1 aliphatic rings. The largest absolute Gasteiger partial charge is 0.351 e. The van der Waals surface area contributed by atoms with Crippen LogP contribution in [-0.4, -0.2) is 46.4 Å². The van der Waals surface area contributed by atoms with Crippen LogP contribution in [0.1, 0.15) is 17.4 Å². The highest BCUT2D eigenvalue weighted by atomic mass is 16.6. The molecule has 1 unspecified atom stereocenters. The van der Waals surface area contributed by atoms with E-state index in [-0.39, 0.29) is 23.3 Å². The minimum Gasteiger partial charge on any atom is -0.351 e. The number of carbonyl (C=O) groups excluding carboxylic acids is 1. The molecule has 7 heteroatoms. The molecule has 2 rings (SSSR count). The third-order valence-corrected chi connectivity index (χ3v) is 2.76. The van der Waals surface area contributed by atoms with Gasteiger partial charge in [-0.05, 0) is 6.92 Å². The van der Waals surface area contributed by atoms with E-state index < -0.39 is 4.92 Å². The molecule has 1 aromatic heterocycles. The van der Waals surface area contributed by atoms with Crippen molar-refractivity contribution in [2.75, 3.05) is 19.6 Å². The fourth-order valence-electron chi connectivity index (χ4n) is 1.90. The lowest BCUT2D eigenvalue weighted by Crippen LogP contribution is -2.51.